The van der Waals surface area contributed by atoms with Crippen LogP contribution in [-0.4, -0.2) is 22.8 Å². The number of carbonyl (C=O) groups excluding carboxylic acids is 3. The Bertz CT molecular complexity index is 825. The Kier molecular flexibility index (Phi) is 3.66. The maximum atomic E-state index is 12.3. The lowest BCUT2D eigenvalue weighted by molar-refractivity contribution is -0.0585. The molecule has 0 saturated carbocycles. The number of imide groups is 1. The number of hydroxylamine groups is 2. The van der Waals surface area contributed by atoms with E-state index in [-0.39, 0.29) is 16.7 Å². The first-order chi connectivity index (χ1) is 10.9. The minimum Gasteiger partial charge on any atom is -0.324 e. The predicted octanol–water partition coefficient (Wildman–Crippen LogP) is 3.32. The van der Waals surface area contributed by atoms with Crippen molar-refractivity contribution in [2.24, 2.45) is 0 Å². The van der Waals surface area contributed by atoms with Crippen LogP contribution in [0.4, 0.5) is 0 Å². The first-order valence-electron chi connectivity index (χ1n) is 6.87. The first-order valence-corrected chi connectivity index (χ1v) is 7.25. The van der Waals surface area contributed by atoms with Crippen LogP contribution in [0.3, 0.4) is 0 Å². The van der Waals surface area contributed by atoms with E-state index in [0.29, 0.717) is 21.2 Å². The smallest absolute Gasteiger partial charge is 0.324 e. The average molecular weight is 330 g/mol. The maximum absolute atomic E-state index is 12.3. The highest BCUT2D eigenvalue weighted by Crippen LogP contribution is 2.25. The third-order valence-corrected chi connectivity index (χ3v) is 4.06. The molecular formula is C17H12ClNO4. The van der Waals surface area contributed by atoms with E-state index in [1.54, 1.807) is 38.1 Å². The fourth-order valence-corrected chi connectivity index (χ4v) is 2.60. The summed E-state index contributed by atoms with van der Waals surface area (Å²) in [6.45, 7) is 3.45. The van der Waals surface area contributed by atoms with E-state index in [9.17, 15) is 14.4 Å². The summed E-state index contributed by atoms with van der Waals surface area (Å²) in [7, 11) is 0. The minimum absolute atomic E-state index is 0.217. The van der Waals surface area contributed by atoms with Gasteiger partial charge in [-0.05, 0) is 49.2 Å². The SMILES string of the molecule is Cc1cc(C(=O)ON2C(=O)c3ccccc3C2=O)c(C)cc1Cl. The summed E-state index contributed by atoms with van der Waals surface area (Å²) in [5.41, 5.74) is 1.99. The molecule has 0 saturated heterocycles. The van der Waals surface area contributed by atoms with Crippen LogP contribution in [0.15, 0.2) is 36.4 Å². The number of rotatable bonds is 2. The van der Waals surface area contributed by atoms with Crippen LogP contribution in [0.25, 0.3) is 0 Å². The lowest BCUT2D eigenvalue weighted by Crippen LogP contribution is -2.32. The molecule has 3 rings (SSSR count). The number of halogens is 1. The second kappa shape index (κ2) is 5.52. The molecule has 6 heteroatoms. The van der Waals surface area contributed by atoms with Crippen molar-refractivity contribution in [1.82, 2.24) is 5.06 Å². The predicted molar refractivity (Wildman–Crippen MR) is 83.3 cm³/mol. The molecule has 1 aliphatic heterocycles. The van der Waals surface area contributed by atoms with Crippen molar-refractivity contribution in [2.75, 3.05) is 0 Å². The molecule has 0 radical (unpaired) electrons. The van der Waals surface area contributed by atoms with E-state index in [4.69, 9.17) is 16.4 Å². The number of carbonyl (C=O) groups is 3. The Balaban J connectivity index is 1.89. The van der Waals surface area contributed by atoms with Crippen LogP contribution < -0.4 is 0 Å². The van der Waals surface area contributed by atoms with Crippen molar-refractivity contribution < 1.29 is 19.2 Å². The van der Waals surface area contributed by atoms with Gasteiger partial charge in [-0.2, -0.15) is 0 Å². The standard InChI is InChI=1S/C17H12ClNO4/c1-9-8-14(18)10(2)7-13(9)17(22)23-19-15(20)11-5-3-4-6-12(11)16(19)21/h3-8H,1-2H3. The molecule has 1 aliphatic rings. The summed E-state index contributed by atoms with van der Waals surface area (Å²) < 4.78 is 0. The van der Waals surface area contributed by atoms with Crippen LogP contribution >= 0.6 is 11.6 Å². The Morgan fingerprint density at radius 1 is 1.00 bits per heavy atom. The molecule has 0 aliphatic carbocycles. The number of hydrogen-bond donors (Lipinski definition) is 0. The molecule has 0 fully saturated rings. The monoisotopic (exact) mass is 329 g/mol. The Morgan fingerprint density at radius 3 is 2.13 bits per heavy atom. The molecule has 0 spiro atoms. The molecule has 0 bridgehead atoms. The fraction of sp³-hybridized carbons (Fsp3) is 0.118. The molecule has 2 aromatic rings. The normalized spacial score (nSPS) is 13.3. The molecule has 2 amide bonds. The van der Waals surface area contributed by atoms with Gasteiger partial charge in [0.15, 0.2) is 0 Å². The van der Waals surface area contributed by atoms with Gasteiger partial charge in [-0.25, -0.2) is 4.79 Å². The van der Waals surface area contributed by atoms with E-state index in [2.05, 4.69) is 0 Å². The van der Waals surface area contributed by atoms with Gasteiger partial charge < -0.3 is 4.84 Å². The van der Waals surface area contributed by atoms with Gasteiger partial charge in [0.25, 0.3) is 11.8 Å². The lowest BCUT2D eigenvalue weighted by Gasteiger charge is -2.14. The van der Waals surface area contributed by atoms with Crippen molar-refractivity contribution in [1.29, 1.82) is 0 Å². The highest BCUT2D eigenvalue weighted by Gasteiger charge is 2.38. The second-order valence-corrected chi connectivity index (χ2v) is 5.65. The Labute approximate surface area is 137 Å². The molecule has 0 atom stereocenters. The number of aryl methyl sites for hydroxylation is 2. The maximum Gasteiger partial charge on any atom is 0.364 e. The third-order valence-electron chi connectivity index (χ3n) is 3.66. The van der Waals surface area contributed by atoms with Crippen LogP contribution in [0, 0.1) is 13.8 Å². The number of benzene rings is 2. The van der Waals surface area contributed by atoms with Gasteiger partial charge in [0.1, 0.15) is 0 Å². The van der Waals surface area contributed by atoms with E-state index < -0.39 is 17.8 Å². The molecular weight excluding hydrogens is 318 g/mol. The molecule has 2 aromatic carbocycles. The van der Waals surface area contributed by atoms with E-state index >= 15 is 0 Å². The van der Waals surface area contributed by atoms with Crippen molar-refractivity contribution in [3.8, 4) is 0 Å². The Hall–Kier alpha value is -2.66. The van der Waals surface area contributed by atoms with E-state index in [1.807, 2.05) is 0 Å². The Morgan fingerprint density at radius 2 is 1.57 bits per heavy atom. The topological polar surface area (TPSA) is 63.7 Å². The number of nitrogens with zero attached hydrogens (tertiary/aromatic N) is 1. The number of fused-ring (bicyclic) bond motifs is 1. The van der Waals surface area contributed by atoms with Gasteiger partial charge in [-0.1, -0.05) is 28.8 Å². The summed E-state index contributed by atoms with van der Waals surface area (Å²) in [5, 5.41) is 1.02. The van der Waals surface area contributed by atoms with Gasteiger partial charge in [0, 0.05) is 5.02 Å². The summed E-state index contributed by atoms with van der Waals surface area (Å²) in [6.07, 6.45) is 0. The highest BCUT2D eigenvalue weighted by atomic mass is 35.5. The van der Waals surface area contributed by atoms with Crippen LogP contribution in [0.1, 0.15) is 42.2 Å². The zero-order valence-electron chi connectivity index (χ0n) is 12.4. The molecule has 1 heterocycles. The van der Waals surface area contributed by atoms with Crippen LogP contribution in [0.5, 0.6) is 0 Å². The van der Waals surface area contributed by atoms with Crippen molar-refractivity contribution in [3.05, 3.63) is 69.2 Å². The van der Waals surface area contributed by atoms with Crippen molar-refractivity contribution >= 4 is 29.4 Å². The van der Waals surface area contributed by atoms with Gasteiger partial charge in [0.05, 0.1) is 16.7 Å². The zero-order chi connectivity index (χ0) is 16.7. The largest absolute Gasteiger partial charge is 0.364 e. The summed E-state index contributed by atoms with van der Waals surface area (Å²) in [4.78, 5) is 41.7. The highest BCUT2D eigenvalue weighted by molar-refractivity contribution is 6.31. The first kappa shape index (κ1) is 15.2. The zero-order valence-corrected chi connectivity index (χ0v) is 13.2. The van der Waals surface area contributed by atoms with Crippen LogP contribution in [0.2, 0.25) is 5.02 Å². The summed E-state index contributed by atoms with van der Waals surface area (Å²) in [5.74, 6) is -2.08. The van der Waals surface area contributed by atoms with Gasteiger partial charge in [0.2, 0.25) is 0 Å². The second-order valence-electron chi connectivity index (χ2n) is 5.25. The fourth-order valence-electron chi connectivity index (χ4n) is 2.38. The van der Waals surface area contributed by atoms with E-state index in [1.165, 1.54) is 12.1 Å². The quantitative estimate of drug-likeness (QED) is 0.793. The van der Waals surface area contributed by atoms with Gasteiger partial charge in [-0.3, -0.25) is 9.59 Å². The van der Waals surface area contributed by atoms with Gasteiger partial charge >= 0.3 is 5.97 Å². The average Bonchev–Trinajstić information content (AvgIpc) is 2.76. The summed E-state index contributed by atoms with van der Waals surface area (Å²) >= 11 is 6.00. The van der Waals surface area contributed by atoms with Crippen LogP contribution in [-0.2, 0) is 4.84 Å². The molecule has 0 N–H and O–H groups in total. The number of amides is 2. The molecule has 0 unspecified atom stereocenters. The minimum atomic E-state index is -0.781. The molecule has 5 nitrogen and oxygen atoms in total. The molecule has 116 valence electrons. The van der Waals surface area contributed by atoms with E-state index in [0.717, 1.165) is 0 Å². The number of hydrogen-bond acceptors (Lipinski definition) is 4. The summed E-state index contributed by atoms with van der Waals surface area (Å²) in [6, 6.07) is 9.51. The van der Waals surface area contributed by atoms with Crippen molar-refractivity contribution in [2.45, 2.75) is 13.8 Å². The molecule has 23 heavy (non-hydrogen) atoms. The van der Waals surface area contributed by atoms with Gasteiger partial charge in [-0.15, -0.1) is 0 Å². The lowest BCUT2D eigenvalue weighted by atomic mass is 10.1. The van der Waals surface area contributed by atoms with Crippen molar-refractivity contribution in [3.63, 3.8) is 0 Å². The molecule has 0 aromatic heterocycles. The third kappa shape index (κ3) is 2.49.